The van der Waals surface area contributed by atoms with Crippen molar-refractivity contribution in [3.05, 3.63) is 0 Å². The molecule has 0 bridgehead atoms. The molecule has 1 atom stereocenters. The standard InChI is InChI=1S/C11H24N2O/c1-3-6-13(8-10-4-5-10)9-11(7-12)14-2/h10-11H,3-9,12H2,1-2H3. The fraction of sp³-hybridized carbons (Fsp3) is 1.00. The minimum Gasteiger partial charge on any atom is -0.379 e. The van der Waals surface area contributed by atoms with Crippen LogP contribution in [0.2, 0.25) is 0 Å². The fourth-order valence-corrected chi connectivity index (χ4v) is 1.77. The van der Waals surface area contributed by atoms with Crippen LogP contribution < -0.4 is 5.73 Å². The van der Waals surface area contributed by atoms with Gasteiger partial charge in [-0.1, -0.05) is 6.92 Å². The fourth-order valence-electron chi connectivity index (χ4n) is 1.77. The molecule has 0 spiro atoms. The summed E-state index contributed by atoms with van der Waals surface area (Å²) in [7, 11) is 1.75. The largest absolute Gasteiger partial charge is 0.379 e. The van der Waals surface area contributed by atoms with Crippen LogP contribution in [0.1, 0.15) is 26.2 Å². The molecule has 3 heteroatoms. The summed E-state index contributed by atoms with van der Waals surface area (Å²) in [4.78, 5) is 2.50. The summed E-state index contributed by atoms with van der Waals surface area (Å²) in [6.45, 7) is 6.27. The number of nitrogens with zero attached hydrogens (tertiary/aromatic N) is 1. The lowest BCUT2D eigenvalue weighted by molar-refractivity contribution is 0.0682. The van der Waals surface area contributed by atoms with Crippen molar-refractivity contribution < 1.29 is 4.74 Å². The summed E-state index contributed by atoms with van der Waals surface area (Å²) in [6, 6.07) is 0. The van der Waals surface area contributed by atoms with Crippen LogP contribution >= 0.6 is 0 Å². The Morgan fingerprint density at radius 2 is 2.21 bits per heavy atom. The van der Waals surface area contributed by atoms with Crippen molar-refractivity contribution in [3.63, 3.8) is 0 Å². The summed E-state index contributed by atoms with van der Waals surface area (Å²) >= 11 is 0. The van der Waals surface area contributed by atoms with Crippen LogP contribution in [0.5, 0.6) is 0 Å². The summed E-state index contributed by atoms with van der Waals surface area (Å²) in [5.41, 5.74) is 5.62. The Hall–Kier alpha value is -0.120. The maximum atomic E-state index is 5.62. The van der Waals surface area contributed by atoms with E-state index < -0.39 is 0 Å². The maximum absolute atomic E-state index is 5.62. The molecule has 0 aromatic heterocycles. The van der Waals surface area contributed by atoms with Gasteiger partial charge in [-0.2, -0.15) is 0 Å². The molecule has 1 saturated carbocycles. The van der Waals surface area contributed by atoms with E-state index in [1.165, 1.54) is 32.4 Å². The zero-order valence-electron chi connectivity index (χ0n) is 9.54. The van der Waals surface area contributed by atoms with E-state index in [2.05, 4.69) is 11.8 Å². The van der Waals surface area contributed by atoms with Crippen LogP contribution in [0.15, 0.2) is 0 Å². The van der Waals surface area contributed by atoms with Crippen molar-refractivity contribution >= 4 is 0 Å². The van der Waals surface area contributed by atoms with Gasteiger partial charge >= 0.3 is 0 Å². The topological polar surface area (TPSA) is 38.5 Å². The number of ether oxygens (including phenoxy) is 1. The van der Waals surface area contributed by atoms with Crippen molar-refractivity contribution in [3.8, 4) is 0 Å². The van der Waals surface area contributed by atoms with Gasteiger partial charge in [-0.15, -0.1) is 0 Å². The zero-order valence-corrected chi connectivity index (χ0v) is 9.54. The van der Waals surface area contributed by atoms with E-state index in [-0.39, 0.29) is 6.10 Å². The highest BCUT2D eigenvalue weighted by molar-refractivity contribution is 4.78. The molecule has 1 fully saturated rings. The van der Waals surface area contributed by atoms with E-state index in [1.54, 1.807) is 7.11 Å². The van der Waals surface area contributed by atoms with Crippen LogP contribution in [0, 0.1) is 5.92 Å². The van der Waals surface area contributed by atoms with Crippen molar-refractivity contribution in [1.29, 1.82) is 0 Å². The average molecular weight is 200 g/mol. The Bertz CT molecular complexity index is 144. The molecule has 1 aliphatic carbocycles. The van der Waals surface area contributed by atoms with Gasteiger partial charge in [-0.25, -0.2) is 0 Å². The van der Waals surface area contributed by atoms with Crippen molar-refractivity contribution in [1.82, 2.24) is 4.90 Å². The second kappa shape index (κ2) is 6.38. The second-order valence-corrected chi connectivity index (χ2v) is 4.30. The summed E-state index contributed by atoms with van der Waals surface area (Å²) in [5.74, 6) is 0.955. The first-order valence-corrected chi connectivity index (χ1v) is 5.75. The SMILES string of the molecule is CCCN(CC1CC1)CC(CN)OC. The minimum absolute atomic E-state index is 0.209. The molecular weight excluding hydrogens is 176 g/mol. The molecule has 84 valence electrons. The van der Waals surface area contributed by atoms with Crippen LogP contribution in [-0.4, -0.2) is 44.3 Å². The molecule has 0 radical (unpaired) electrons. The molecule has 2 N–H and O–H groups in total. The lowest BCUT2D eigenvalue weighted by atomic mass is 10.2. The van der Waals surface area contributed by atoms with Gasteiger partial charge in [0.15, 0.2) is 0 Å². The highest BCUT2D eigenvalue weighted by atomic mass is 16.5. The quantitative estimate of drug-likeness (QED) is 0.637. The molecule has 1 rings (SSSR count). The predicted octanol–water partition coefficient (Wildman–Crippen LogP) is 1.08. The average Bonchev–Trinajstić information content (AvgIpc) is 2.98. The normalized spacial score (nSPS) is 18.9. The first-order chi connectivity index (χ1) is 6.80. The smallest absolute Gasteiger partial charge is 0.0820 e. The van der Waals surface area contributed by atoms with Crippen molar-refractivity contribution in [2.75, 3.05) is 33.3 Å². The second-order valence-electron chi connectivity index (χ2n) is 4.30. The summed E-state index contributed by atoms with van der Waals surface area (Å²) in [5, 5.41) is 0. The maximum Gasteiger partial charge on any atom is 0.0820 e. The number of nitrogens with two attached hydrogens (primary N) is 1. The molecule has 0 aromatic rings. The Morgan fingerprint density at radius 1 is 1.50 bits per heavy atom. The monoisotopic (exact) mass is 200 g/mol. The van der Waals surface area contributed by atoms with Crippen LogP contribution in [0.4, 0.5) is 0 Å². The van der Waals surface area contributed by atoms with E-state index >= 15 is 0 Å². The minimum atomic E-state index is 0.209. The zero-order chi connectivity index (χ0) is 10.4. The van der Waals surface area contributed by atoms with Crippen LogP contribution in [0.25, 0.3) is 0 Å². The van der Waals surface area contributed by atoms with E-state index in [1.807, 2.05) is 0 Å². The van der Waals surface area contributed by atoms with Crippen LogP contribution in [-0.2, 0) is 4.74 Å². The third-order valence-electron chi connectivity index (χ3n) is 2.81. The molecule has 1 aliphatic rings. The van der Waals surface area contributed by atoms with Crippen LogP contribution in [0.3, 0.4) is 0 Å². The highest BCUT2D eigenvalue weighted by Gasteiger charge is 2.24. The number of rotatable bonds is 8. The molecule has 14 heavy (non-hydrogen) atoms. The van der Waals surface area contributed by atoms with Gasteiger partial charge in [0.2, 0.25) is 0 Å². The number of hydrogen-bond donors (Lipinski definition) is 1. The molecule has 1 unspecified atom stereocenters. The lowest BCUT2D eigenvalue weighted by Crippen LogP contribution is -2.39. The number of methoxy groups -OCH3 is 1. The highest BCUT2D eigenvalue weighted by Crippen LogP contribution is 2.29. The Kier molecular flexibility index (Phi) is 5.45. The van der Waals surface area contributed by atoms with Gasteiger partial charge in [-0.05, 0) is 31.7 Å². The van der Waals surface area contributed by atoms with Gasteiger partial charge in [0.05, 0.1) is 6.10 Å². The third-order valence-corrected chi connectivity index (χ3v) is 2.81. The predicted molar refractivity (Wildman–Crippen MR) is 59.3 cm³/mol. The molecular formula is C11H24N2O. The Morgan fingerprint density at radius 3 is 2.64 bits per heavy atom. The van der Waals surface area contributed by atoms with E-state index in [0.29, 0.717) is 6.54 Å². The molecule has 0 heterocycles. The van der Waals surface area contributed by atoms with Gasteiger partial charge < -0.3 is 15.4 Å². The Balaban J connectivity index is 2.24. The number of hydrogen-bond acceptors (Lipinski definition) is 3. The lowest BCUT2D eigenvalue weighted by Gasteiger charge is -2.25. The summed E-state index contributed by atoms with van der Waals surface area (Å²) < 4.78 is 5.31. The van der Waals surface area contributed by atoms with E-state index in [9.17, 15) is 0 Å². The first kappa shape index (κ1) is 12.0. The molecule has 0 saturated heterocycles. The van der Waals surface area contributed by atoms with E-state index in [4.69, 9.17) is 10.5 Å². The molecule has 0 amide bonds. The third kappa shape index (κ3) is 4.40. The summed E-state index contributed by atoms with van der Waals surface area (Å²) in [6.07, 6.45) is 4.26. The van der Waals surface area contributed by atoms with Gasteiger partial charge in [0.25, 0.3) is 0 Å². The van der Waals surface area contributed by atoms with Crippen molar-refractivity contribution in [2.45, 2.75) is 32.3 Å². The van der Waals surface area contributed by atoms with Gasteiger partial charge in [0.1, 0.15) is 0 Å². The molecule has 3 nitrogen and oxygen atoms in total. The molecule has 0 aromatic carbocycles. The Labute approximate surface area is 87.6 Å². The molecule has 0 aliphatic heterocycles. The van der Waals surface area contributed by atoms with Gasteiger partial charge in [0, 0.05) is 26.7 Å². The van der Waals surface area contributed by atoms with Crippen molar-refractivity contribution in [2.24, 2.45) is 11.7 Å². The van der Waals surface area contributed by atoms with E-state index in [0.717, 1.165) is 12.5 Å². The first-order valence-electron chi connectivity index (χ1n) is 5.75. The van der Waals surface area contributed by atoms with Gasteiger partial charge in [-0.3, -0.25) is 0 Å².